The summed E-state index contributed by atoms with van der Waals surface area (Å²) < 4.78 is 10.9. The Kier molecular flexibility index (Phi) is 5.35. The summed E-state index contributed by atoms with van der Waals surface area (Å²) in [6.07, 6.45) is -1.67. The summed E-state index contributed by atoms with van der Waals surface area (Å²) in [7, 11) is 0. The molecule has 0 saturated heterocycles. The van der Waals surface area contributed by atoms with Crippen molar-refractivity contribution in [2.75, 3.05) is 4.90 Å². The van der Waals surface area contributed by atoms with Crippen molar-refractivity contribution in [1.82, 2.24) is 4.98 Å². The van der Waals surface area contributed by atoms with Gasteiger partial charge in [-0.25, -0.2) is 9.59 Å². The smallest absolute Gasteiger partial charge is 0.425 e. The van der Waals surface area contributed by atoms with Gasteiger partial charge in [-0.1, -0.05) is 18.3 Å². The van der Waals surface area contributed by atoms with Crippen molar-refractivity contribution in [3.63, 3.8) is 0 Å². The van der Waals surface area contributed by atoms with Crippen LogP contribution in [0.15, 0.2) is 18.2 Å². The van der Waals surface area contributed by atoms with Crippen LogP contribution in [0.1, 0.15) is 41.5 Å². The van der Waals surface area contributed by atoms with Gasteiger partial charge in [0.1, 0.15) is 21.7 Å². The van der Waals surface area contributed by atoms with Gasteiger partial charge in [0.15, 0.2) is 0 Å². The van der Waals surface area contributed by atoms with Crippen LogP contribution in [-0.4, -0.2) is 28.4 Å². The molecule has 1 rings (SSSR count). The summed E-state index contributed by atoms with van der Waals surface area (Å²) in [4.78, 5) is 28.3. The second kappa shape index (κ2) is 6.48. The van der Waals surface area contributed by atoms with Gasteiger partial charge in [0.2, 0.25) is 0 Å². The molecule has 0 spiro atoms. The van der Waals surface area contributed by atoms with E-state index in [4.69, 9.17) is 21.7 Å². The molecule has 0 radical (unpaired) electrons. The zero-order chi connectivity index (χ0) is 17.1. The number of nitrogens with zero attached hydrogens (tertiary/aromatic N) is 1. The number of pyridine rings is 1. The molecule has 1 heterocycles. The molecule has 0 fully saturated rings. The molecule has 6 nitrogen and oxygen atoms in total. The highest BCUT2D eigenvalue weighted by Gasteiger charge is 2.32. The minimum atomic E-state index is -0.835. The zero-order valence-electron chi connectivity index (χ0n) is 13.7. The summed E-state index contributed by atoms with van der Waals surface area (Å²) >= 11 is 5.02. The molecule has 1 N–H and O–H groups in total. The van der Waals surface area contributed by atoms with Crippen LogP contribution in [-0.2, 0) is 9.47 Å². The summed E-state index contributed by atoms with van der Waals surface area (Å²) in [6, 6.07) is 4.82. The lowest BCUT2D eigenvalue weighted by Crippen LogP contribution is -2.44. The molecule has 0 aliphatic heterocycles. The number of amides is 2. The summed E-state index contributed by atoms with van der Waals surface area (Å²) in [6.45, 7) is 10.3. The molecule has 0 saturated carbocycles. The van der Waals surface area contributed by atoms with Crippen LogP contribution >= 0.6 is 12.2 Å². The monoisotopic (exact) mass is 326 g/mol. The van der Waals surface area contributed by atoms with E-state index in [1.165, 1.54) is 0 Å². The van der Waals surface area contributed by atoms with Gasteiger partial charge in [-0.15, -0.1) is 0 Å². The molecule has 2 amide bonds. The number of ether oxygens (including phenoxy) is 2. The normalized spacial score (nSPS) is 11.7. The second-order valence-corrected chi connectivity index (χ2v) is 7.14. The molecule has 0 aliphatic rings. The number of H-pyrrole nitrogens is 1. The quantitative estimate of drug-likeness (QED) is 0.773. The van der Waals surface area contributed by atoms with Gasteiger partial charge in [0, 0.05) is 0 Å². The molecule has 1 aromatic rings. The Hall–Kier alpha value is -1.89. The van der Waals surface area contributed by atoms with Crippen molar-refractivity contribution in [3.05, 3.63) is 22.8 Å². The fraction of sp³-hybridized carbons (Fsp3) is 0.533. The second-order valence-electron chi connectivity index (χ2n) is 6.70. The summed E-state index contributed by atoms with van der Waals surface area (Å²) in [5.41, 5.74) is -1.49. The Morgan fingerprint density at radius 2 is 1.45 bits per heavy atom. The van der Waals surface area contributed by atoms with E-state index in [1.54, 1.807) is 59.7 Å². The van der Waals surface area contributed by atoms with E-state index >= 15 is 0 Å². The van der Waals surface area contributed by atoms with Crippen LogP contribution in [0.25, 0.3) is 0 Å². The van der Waals surface area contributed by atoms with Gasteiger partial charge in [-0.05, 0) is 53.7 Å². The van der Waals surface area contributed by atoms with Crippen molar-refractivity contribution in [2.24, 2.45) is 0 Å². The van der Waals surface area contributed by atoms with Crippen LogP contribution < -0.4 is 4.90 Å². The van der Waals surface area contributed by atoms with E-state index in [2.05, 4.69) is 4.98 Å². The maximum Gasteiger partial charge on any atom is 0.425 e. The number of aromatic nitrogens is 1. The molecule has 0 aliphatic carbocycles. The third-order valence-electron chi connectivity index (χ3n) is 2.15. The Balaban J connectivity index is 3.18. The van der Waals surface area contributed by atoms with E-state index < -0.39 is 23.4 Å². The molecule has 22 heavy (non-hydrogen) atoms. The number of imide groups is 1. The fourth-order valence-corrected chi connectivity index (χ4v) is 1.64. The Morgan fingerprint density at radius 1 is 1.00 bits per heavy atom. The topological polar surface area (TPSA) is 71.6 Å². The molecule has 0 aromatic carbocycles. The number of aromatic amines is 1. The van der Waals surface area contributed by atoms with Gasteiger partial charge in [-0.2, -0.15) is 4.90 Å². The van der Waals surface area contributed by atoms with Gasteiger partial charge in [0.25, 0.3) is 0 Å². The number of carbonyl (C=O) groups is 2. The predicted octanol–water partition coefficient (Wildman–Crippen LogP) is 4.42. The first-order chi connectivity index (χ1) is 9.89. The van der Waals surface area contributed by atoms with Crippen molar-refractivity contribution >= 4 is 30.2 Å². The third-order valence-corrected chi connectivity index (χ3v) is 2.38. The molecule has 1 aromatic heterocycles. The van der Waals surface area contributed by atoms with Gasteiger partial charge >= 0.3 is 12.2 Å². The lowest BCUT2D eigenvalue weighted by atomic mass is 10.2. The molecule has 0 unspecified atom stereocenters. The first-order valence-corrected chi connectivity index (χ1v) is 7.25. The average Bonchev–Trinajstić information content (AvgIpc) is 2.23. The lowest BCUT2D eigenvalue weighted by Gasteiger charge is -2.28. The van der Waals surface area contributed by atoms with Crippen LogP contribution in [0, 0.1) is 4.64 Å². The van der Waals surface area contributed by atoms with E-state index in [1.807, 2.05) is 0 Å². The minimum Gasteiger partial charge on any atom is -0.443 e. The minimum absolute atomic E-state index is 0.191. The maximum atomic E-state index is 12.3. The van der Waals surface area contributed by atoms with E-state index in [0.717, 1.165) is 4.90 Å². The highest BCUT2D eigenvalue weighted by atomic mass is 32.1. The van der Waals surface area contributed by atoms with Crippen molar-refractivity contribution < 1.29 is 19.1 Å². The first kappa shape index (κ1) is 18.2. The van der Waals surface area contributed by atoms with E-state index in [9.17, 15) is 9.59 Å². The number of carbonyl (C=O) groups excluding carboxylic acids is 2. The van der Waals surface area contributed by atoms with Gasteiger partial charge in [-0.3, -0.25) is 0 Å². The molecule has 0 atom stereocenters. The van der Waals surface area contributed by atoms with Crippen molar-refractivity contribution in [1.29, 1.82) is 0 Å². The standard InChI is InChI=1S/C15H22N2O4S/c1-14(2,3)20-12(18)17(13(19)21-15(4,5)6)10-8-7-9-11(22)16-10/h7-9H,1-6H3,(H,16,22). The number of rotatable bonds is 1. The molecule has 122 valence electrons. The van der Waals surface area contributed by atoms with Gasteiger partial charge in [0.05, 0.1) is 0 Å². The molecule has 7 heteroatoms. The average molecular weight is 326 g/mol. The van der Waals surface area contributed by atoms with Crippen LogP contribution in [0.4, 0.5) is 15.4 Å². The van der Waals surface area contributed by atoms with Crippen molar-refractivity contribution in [2.45, 2.75) is 52.7 Å². The van der Waals surface area contributed by atoms with Gasteiger partial charge < -0.3 is 14.5 Å². The molecular weight excluding hydrogens is 304 g/mol. The number of hydrogen-bond donors (Lipinski definition) is 1. The number of nitrogens with one attached hydrogen (secondary N) is 1. The number of hydrogen-bond acceptors (Lipinski definition) is 5. The van der Waals surface area contributed by atoms with Crippen LogP contribution in [0.2, 0.25) is 0 Å². The number of anilines is 1. The Morgan fingerprint density at radius 3 is 1.82 bits per heavy atom. The lowest BCUT2D eigenvalue weighted by molar-refractivity contribution is 0.0429. The van der Waals surface area contributed by atoms with Crippen LogP contribution in [0.5, 0.6) is 0 Å². The third kappa shape index (κ3) is 5.85. The molecule has 0 bridgehead atoms. The maximum absolute atomic E-state index is 12.3. The highest BCUT2D eigenvalue weighted by Crippen LogP contribution is 2.19. The largest absolute Gasteiger partial charge is 0.443 e. The van der Waals surface area contributed by atoms with E-state index in [0.29, 0.717) is 4.64 Å². The summed E-state index contributed by atoms with van der Waals surface area (Å²) in [5, 5.41) is 0. The zero-order valence-corrected chi connectivity index (χ0v) is 14.5. The first-order valence-electron chi connectivity index (χ1n) is 6.84. The van der Waals surface area contributed by atoms with E-state index in [-0.39, 0.29) is 5.82 Å². The predicted molar refractivity (Wildman–Crippen MR) is 86.6 cm³/mol. The highest BCUT2D eigenvalue weighted by molar-refractivity contribution is 7.71. The molecular formula is C15H22N2O4S. The Bertz CT molecular complexity index is 583. The van der Waals surface area contributed by atoms with Crippen molar-refractivity contribution in [3.8, 4) is 0 Å². The fourth-order valence-electron chi connectivity index (χ4n) is 1.45. The SMILES string of the molecule is CC(C)(C)OC(=O)N(C(=O)OC(C)(C)C)c1cccc(=S)[nH]1. The summed E-state index contributed by atoms with van der Waals surface area (Å²) in [5.74, 6) is 0.191. The Labute approximate surface area is 135 Å². The van der Waals surface area contributed by atoms with Crippen LogP contribution in [0.3, 0.4) is 0 Å².